The number of hydrogen-bond donors (Lipinski definition) is 1. The Bertz CT molecular complexity index is 528. The predicted molar refractivity (Wildman–Crippen MR) is 81.0 cm³/mol. The minimum absolute atomic E-state index is 0.0335. The summed E-state index contributed by atoms with van der Waals surface area (Å²) in [4.78, 5) is 24.5. The molecule has 0 radical (unpaired) electrons. The van der Waals surface area contributed by atoms with Crippen molar-refractivity contribution in [2.24, 2.45) is 0 Å². The third-order valence-electron chi connectivity index (χ3n) is 4.04. The highest BCUT2D eigenvalue weighted by atomic mass is 16.4. The molecule has 4 nitrogen and oxygen atoms in total. The molecule has 0 spiro atoms. The van der Waals surface area contributed by atoms with Gasteiger partial charge in [-0.05, 0) is 23.0 Å². The molecule has 1 aromatic carbocycles. The highest BCUT2D eigenvalue weighted by Crippen LogP contribution is 2.26. The Labute approximate surface area is 125 Å². The Balaban J connectivity index is 2.09. The number of carbonyl (C=O) groups is 2. The van der Waals surface area contributed by atoms with Gasteiger partial charge in [0.1, 0.15) is 0 Å². The summed E-state index contributed by atoms with van der Waals surface area (Å²) in [5.74, 6) is -0.788. The minimum atomic E-state index is -0.845. The summed E-state index contributed by atoms with van der Waals surface area (Å²) in [5, 5.41) is 8.93. The smallest absolute Gasteiger partial charge is 0.305 e. The van der Waals surface area contributed by atoms with E-state index in [0.717, 1.165) is 5.56 Å². The molecule has 2 rings (SSSR count). The van der Waals surface area contributed by atoms with Crippen LogP contribution in [0.15, 0.2) is 24.3 Å². The second kappa shape index (κ2) is 5.88. The van der Waals surface area contributed by atoms with Crippen molar-refractivity contribution in [1.82, 2.24) is 4.90 Å². The number of carboxylic acids is 1. The maximum absolute atomic E-state index is 11.9. The third-order valence-corrected chi connectivity index (χ3v) is 4.04. The average molecular weight is 289 g/mol. The lowest BCUT2D eigenvalue weighted by Crippen LogP contribution is -2.34. The van der Waals surface area contributed by atoms with Crippen molar-refractivity contribution in [3.8, 4) is 0 Å². The van der Waals surface area contributed by atoms with Gasteiger partial charge in [0.15, 0.2) is 0 Å². The van der Waals surface area contributed by atoms with E-state index in [1.807, 2.05) is 12.1 Å². The van der Waals surface area contributed by atoms with Crippen LogP contribution in [0.1, 0.15) is 51.2 Å². The number of carboxylic acid groups (broad SMARTS) is 1. The van der Waals surface area contributed by atoms with E-state index in [4.69, 9.17) is 5.11 Å². The van der Waals surface area contributed by atoms with E-state index in [1.165, 1.54) is 5.56 Å². The third kappa shape index (κ3) is 3.84. The maximum Gasteiger partial charge on any atom is 0.305 e. The van der Waals surface area contributed by atoms with Crippen LogP contribution in [0.25, 0.3) is 0 Å². The fourth-order valence-corrected chi connectivity index (χ4v) is 2.73. The Morgan fingerprint density at radius 2 is 1.90 bits per heavy atom. The number of nitrogens with zero attached hydrogens (tertiary/aromatic N) is 1. The second-order valence-electron chi connectivity index (χ2n) is 6.76. The molecule has 1 saturated heterocycles. The lowest BCUT2D eigenvalue weighted by Gasteiger charge is -2.24. The van der Waals surface area contributed by atoms with Gasteiger partial charge in [0.05, 0.1) is 6.42 Å². The minimum Gasteiger partial charge on any atom is -0.481 e. The summed E-state index contributed by atoms with van der Waals surface area (Å²) in [6.45, 7) is 6.99. The zero-order valence-electron chi connectivity index (χ0n) is 12.9. The summed E-state index contributed by atoms with van der Waals surface area (Å²) in [6, 6.07) is 8.07. The molecule has 114 valence electrons. The van der Waals surface area contributed by atoms with Crippen molar-refractivity contribution in [1.29, 1.82) is 0 Å². The van der Waals surface area contributed by atoms with Gasteiger partial charge in [-0.1, -0.05) is 45.0 Å². The van der Waals surface area contributed by atoms with Crippen molar-refractivity contribution < 1.29 is 14.7 Å². The molecule has 21 heavy (non-hydrogen) atoms. The molecule has 1 aliphatic rings. The van der Waals surface area contributed by atoms with Gasteiger partial charge in [-0.2, -0.15) is 0 Å². The van der Waals surface area contributed by atoms with Crippen LogP contribution in [0.5, 0.6) is 0 Å². The largest absolute Gasteiger partial charge is 0.481 e. The van der Waals surface area contributed by atoms with Crippen molar-refractivity contribution in [2.75, 3.05) is 0 Å². The quantitative estimate of drug-likeness (QED) is 0.927. The molecule has 1 fully saturated rings. The van der Waals surface area contributed by atoms with E-state index in [1.54, 1.807) is 4.90 Å². The maximum atomic E-state index is 11.9. The Hall–Kier alpha value is -1.84. The SMILES string of the molecule is CC(C)(C)c1ccc(CN2C(=O)CCC2CC(=O)O)cc1. The molecule has 0 aromatic heterocycles. The predicted octanol–water partition coefficient (Wildman–Crippen LogP) is 2.95. The van der Waals surface area contributed by atoms with E-state index in [0.29, 0.717) is 19.4 Å². The fourth-order valence-electron chi connectivity index (χ4n) is 2.73. The summed E-state index contributed by atoms with van der Waals surface area (Å²) in [7, 11) is 0. The topological polar surface area (TPSA) is 57.6 Å². The van der Waals surface area contributed by atoms with Crippen molar-refractivity contribution in [2.45, 2.75) is 58.0 Å². The Morgan fingerprint density at radius 3 is 2.43 bits per heavy atom. The zero-order chi connectivity index (χ0) is 15.6. The first kappa shape index (κ1) is 15.5. The monoisotopic (exact) mass is 289 g/mol. The summed E-state index contributed by atoms with van der Waals surface area (Å²) < 4.78 is 0. The van der Waals surface area contributed by atoms with Gasteiger partial charge in [0.25, 0.3) is 0 Å². The standard InChI is InChI=1S/C17H23NO3/c1-17(2,3)13-6-4-12(5-7-13)11-18-14(10-16(20)21)8-9-15(18)19/h4-7,14H,8-11H2,1-3H3,(H,20,21). The first-order chi connectivity index (χ1) is 9.77. The van der Waals surface area contributed by atoms with Crippen LogP contribution >= 0.6 is 0 Å². The molecular formula is C17H23NO3. The number of amides is 1. The second-order valence-corrected chi connectivity index (χ2v) is 6.76. The van der Waals surface area contributed by atoms with Crippen LogP contribution in [0, 0.1) is 0 Å². The fraction of sp³-hybridized carbons (Fsp3) is 0.529. The summed E-state index contributed by atoms with van der Waals surface area (Å²) >= 11 is 0. The molecule has 1 atom stereocenters. The first-order valence-corrected chi connectivity index (χ1v) is 7.38. The normalized spacial score (nSPS) is 19.1. The van der Waals surface area contributed by atoms with Crippen molar-refractivity contribution in [3.05, 3.63) is 35.4 Å². The molecule has 4 heteroatoms. The van der Waals surface area contributed by atoms with Crippen LogP contribution < -0.4 is 0 Å². The van der Waals surface area contributed by atoms with E-state index < -0.39 is 5.97 Å². The molecule has 1 aliphatic heterocycles. The van der Waals surface area contributed by atoms with Gasteiger partial charge in [-0.15, -0.1) is 0 Å². The number of benzene rings is 1. The summed E-state index contributed by atoms with van der Waals surface area (Å²) in [5.41, 5.74) is 2.41. The van der Waals surface area contributed by atoms with E-state index in [9.17, 15) is 9.59 Å². The number of carbonyl (C=O) groups excluding carboxylic acids is 1. The molecule has 0 saturated carbocycles. The van der Waals surface area contributed by atoms with Crippen LogP contribution in [0.3, 0.4) is 0 Å². The van der Waals surface area contributed by atoms with Crippen LogP contribution in [-0.4, -0.2) is 27.9 Å². The molecule has 1 amide bonds. The van der Waals surface area contributed by atoms with Crippen LogP contribution in [0.4, 0.5) is 0 Å². The average Bonchev–Trinajstić information content (AvgIpc) is 2.70. The molecular weight excluding hydrogens is 266 g/mol. The van der Waals surface area contributed by atoms with Crippen LogP contribution in [-0.2, 0) is 21.5 Å². The molecule has 1 aromatic rings. The highest BCUT2D eigenvalue weighted by molar-refractivity contribution is 5.80. The number of rotatable bonds is 4. The van der Waals surface area contributed by atoms with E-state index in [2.05, 4.69) is 32.9 Å². The van der Waals surface area contributed by atoms with E-state index >= 15 is 0 Å². The molecule has 1 N–H and O–H groups in total. The van der Waals surface area contributed by atoms with Gasteiger partial charge < -0.3 is 10.0 Å². The van der Waals surface area contributed by atoms with Gasteiger partial charge in [-0.3, -0.25) is 9.59 Å². The lowest BCUT2D eigenvalue weighted by atomic mass is 9.87. The van der Waals surface area contributed by atoms with E-state index in [-0.39, 0.29) is 23.8 Å². The Morgan fingerprint density at radius 1 is 1.29 bits per heavy atom. The molecule has 0 bridgehead atoms. The van der Waals surface area contributed by atoms with Crippen molar-refractivity contribution in [3.63, 3.8) is 0 Å². The molecule has 1 unspecified atom stereocenters. The van der Waals surface area contributed by atoms with Gasteiger partial charge in [0.2, 0.25) is 5.91 Å². The van der Waals surface area contributed by atoms with Gasteiger partial charge in [-0.25, -0.2) is 0 Å². The highest BCUT2D eigenvalue weighted by Gasteiger charge is 2.32. The Kier molecular flexibility index (Phi) is 4.35. The number of likely N-dealkylation sites (tertiary alicyclic amines) is 1. The number of hydrogen-bond acceptors (Lipinski definition) is 2. The van der Waals surface area contributed by atoms with Gasteiger partial charge in [0, 0.05) is 19.0 Å². The van der Waals surface area contributed by atoms with Crippen molar-refractivity contribution >= 4 is 11.9 Å². The molecule has 0 aliphatic carbocycles. The van der Waals surface area contributed by atoms with Crippen LogP contribution in [0.2, 0.25) is 0 Å². The number of aliphatic carboxylic acids is 1. The molecule has 1 heterocycles. The zero-order valence-corrected chi connectivity index (χ0v) is 12.9. The van der Waals surface area contributed by atoms with Gasteiger partial charge >= 0.3 is 5.97 Å². The lowest BCUT2D eigenvalue weighted by molar-refractivity contribution is -0.139. The summed E-state index contributed by atoms with van der Waals surface area (Å²) in [6.07, 6.45) is 1.13. The first-order valence-electron chi connectivity index (χ1n) is 7.38.